The van der Waals surface area contributed by atoms with E-state index in [-0.39, 0.29) is 12.2 Å². The van der Waals surface area contributed by atoms with Crippen molar-refractivity contribution >= 4 is 26.8 Å². The lowest BCUT2D eigenvalue weighted by atomic mass is 10.1. The van der Waals surface area contributed by atoms with Gasteiger partial charge in [-0.2, -0.15) is 0 Å². The van der Waals surface area contributed by atoms with Crippen LogP contribution in [0.3, 0.4) is 0 Å². The van der Waals surface area contributed by atoms with Gasteiger partial charge in [-0.3, -0.25) is 4.72 Å². The highest BCUT2D eigenvalue weighted by Gasteiger charge is 2.25. The lowest BCUT2D eigenvalue weighted by Gasteiger charge is -2.29. The maximum Gasteiger partial charge on any atom is 0.417 e. The van der Waals surface area contributed by atoms with Crippen molar-refractivity contribution in [1.82, 2.24) is 4.72 Å². The number of benzene rings is 1. The van der Waals surface area contributed by atoms with Crippen LogP contribution in [0.15, 0.2) is 43.0 Å². The van der Waals surface area contributed by atoms with E-state index in [1.165, 1.54) is 18.0 Å². The minimum Gasteiger partial charge on any atom is -0.441 e. The van der Waals surface area contributed by atoms with Gasteiger partial charge in [0, 0.05) is 14.0 Å². The van der Waals surface area contributed by atoms with E-state index in [0.29, 0.717) is 10.3 Å². The summed E-state index contributed by atoms with van der Waals surface area (Å²) in [6.07, 6.45) is 3.34. The molecule has 1 aromatic rings. The van der Waals surface area contributed by atoms with Crippen LogP contribution in [0.2, 0.25) is 17.6 Å². The topological polar surface area (TPSA) is 38.3 Å². The highest BCUT2D eigenvalue weighted by atomic mass is 32.2. The summed E-state index contributed by atoms with van der Waals surface area (Å²) < 4.78 is 8.38. The molecule has 1 rings (SSSR count). The minimum absolute atomic E-state index is 0.253. The molecule has 0 heterocycles. The lowest BCUT2D eigenvalue weighted by Crippen LogP contribution is -2.28. The van der Waals surface area contributed by atoms with Crippen molar-refractivity contribution in [3.05, 3.63) is 48.6 Å². The van der Waals surface area contributed by atoms with Crippen molar-refractivity contribution in [1.29, 1.82) is 0 Å². The Morgan fingerprint density at radius 2 is 2.00 bits per heavy atom. The van der Waals surface area contributed by atoms with Crippen LogP contribution >= 0.6 is 11.9 Å². The molecule has 1 amide bonds. The Morgan fingerprint density at radius 3 is 2.56 bits per heavy atom. The number of ether oxygens (including phenoxy) is 1. The Morgan fingerprint density at radius 1 is 1.36 bits per heavy atom. The molecule has 0 bridgehead atoms. The maximum absolute atomic E-state index is 12.1. The highest BCUT2D eigenvalue weighted by molar-refractivity contribution is 7.98. The quantitative estimate of drug-likeness (QED) is 0.319. The second-order valence-electron chi connectivity index (χ2n) is 7.67. The van der Waals surface area contributed by atoms with E-state index in [1.807, 2.05) is 43.3 Å². The third-order valence-corrected chi connectivity index (χ3v) is 10.3. The molecule has 0 aliphatic rings. The van der Waals surface area contributed by atoms with Gasteiger partial charge in [-0.05, 0) is 48.4 Å². The lowest BCUT2D eigenvalue weighted by molar-refractivity contribution is 0.113. The van der Waals surface area contributed by atoms with Crippen LogP contribution in [0, 0.1) is 0 Å². The molecule has 1 aromatic carbocycles. The average molecular weight is 380 g/mol. The van der Waals surface area contributed by atoms with E-state index in [9.17, 15) is 4.79 Å². The van der Waals surface area contributed by atoms with Crippen LogP contribution < -0.4 is 4.72 Å². The number of amides is 1. The Kier molecular flexibility index (Phi) is 9.36. The monoisotopic (exact) mass is 379 g/mol. The smallest absolute Gasteiger partial charge is 0.417 e. The molecule has 0 aliphatic carbocycles. The first-order chi connectivity index (χ1) is 11.7. The first kappa shape index (κ1) is 21.8. The molecule has 5 heteroatoms. The van der Waals surface area contributed by atoms with Crippen LogP contribution in [0.25, 0.3) is 0 Å². The number of nitrogens with one attached hydrogen (secondary N) is 1. The standard InChI is InChI=1S/C20H33NO2SSi/c1-7-8-14-18(15-25(6)20(3,4)5)24-21-19(22)23-16(2)17-12-10-9-11-13-17/h7,9-13,16,18,25H,1,8,14-15H2,2-6H3,(H,21,22)/t16-,18?,25?/m0/s1. The zero-order valence-electron chi connectivity index (χ0n) is 16.2. The van der Waals surface area contributed by atoms with Crippen LogP contribution in [0.5, 0.6) is 0 Å². The summed E-state index contributed by atoms with van der Waals surface area (Å²) in [5.41, 5.74) is 1.000. The van der Waals surface area contributed by atoms with Crippen molar-refractivity contribution in [2.45, 2.75) is 69.5 Å². The number of hydrogen-bond donors (Lipinski definition) is 1. The molecule has 2 unspecified atom stereocenters. The Labute approximate surface area is 159 Å². The van der Waals surface area contributed by atoms with Gasteiger partial charge in [-0.1, -0.05) is 63.7 Å². The molecule has 0 radical (unpaired) electrons. The van der Waals surface area contributed by atoms with E-state index in [1.54, 1.807) is 0 Å². The Balaban J connectivity index is 2.51. The van der Waals surface area contributed by atoms with Crippen molar-refractivity contribution in [3.8, 4) is 0 Å². The van der Waals surface area contributed by atoms with Gasteiger partial charge in [0.15, 0.2) is 0 Å². The van der Waals surface area contributed by atoms with Gasteiger partial charge in [0.1, 0.15) is 6.10 Å². The van der Waals surface area contributed by atoms with Crippen LogP contribution in [-0.4, -0.2) is 20.1 Å². The molecular formula is C20H33NO2SSi. The Bertz CT molecular complexity index is 530. The highest BCUT2D eigenvalue weighted by Crippen LogP contribution is 2.33. The van der Waals surface area contributed by atoms with Gasteiger partial charge in [0.25, 0.3) is 0 Å². The van der Waals surface area contributed by atoms with E-state index in [2.05, 4.69) is 38.6 Å². The number of carbonyl (C=O) groups is 1. The van der Waals surface area contributed by atoms with E-state index < -0.39 is 8.80 Å². The molecule has 25 heavy (non-hydrogen) atoms. The molecular weight excluding hydrogens is 346 g/mol. The second-order valence-corrected chi connectivity index (χ2v) is 12.8. The number of hydrogen-bond acceptors (Lipinski definition) is 3. The Hall–Kier alpha value is -1.20. The van der Waals surface area contributed by atoms with E-state index in [4.69, 9.17) is 4.74 Å². The van der Waals surface area contributed by atoms with Crippen molar-refractivity contribution < 1.29 is 9.53 Å². The summed E-state index contributed by atoms with van der Waals surface area (Å²) in [7, 11) is -0.879. The van der Waals surface area contributed by atoms with Crippen LogP contribution in [-0.2, 0) is 4.74 Å². The predicted octanol–water partition coefficient (Wildman–Crippen LogP) is 6.11. The van der Waals surface area contributed by atoms with Gasteiger partial charge in [0.2, 0.25) is 0 Å². The molecule has 0 saturated heterocycles. The first-order valence-corrected chi connectivity index (χ1v) is 12.4. The predicted molar refractivity (Wildman–Crippen MR) is 113 cm³/mol. The summed E-state index contributed by atoms with van der Waals surface area (Å²) in [5, 5.41) is 0.813. The average Bonchev–Trinajstić information content (AvgIpc) is 2.57. The zero-order valence-corrected chi connectivity index (χ0v) is 18.2. The van der Waals surface area contributed by atoms with Gasteiger partial charge < -0.3 is 4.74 Å². The zero-order chi connectivity index (χ0) is 18.9. The largest absolute Gasteiger partial charge is 0.441 e. The van der Waals surface area contributed by atoms with E-state index >= 15 is 0 Å². The molecule has 0 fully saturated rings. The molecule has 0 saturated carbocycles. The molecule has 1 N–H and O–H groups in total. The first-order valence-electron chi connectivity index (χ1n) is 9.02. The molecule has 0 aliphatic heterocycles. The number of carbonyl (C=O) groups excluding carboxylic acids is 1. The van der Waals surface area contributed by atoms with Gasteiger partial charge >= 0.3 is 6.09 Å². The van der Waals surface area contributed by atoms with Gasteiger partial charge in [0.05, 0.1) is 0 Å². The van der Waals surface area contributed by atoms with Gasteiger partial charge in [-0.25, -0.2) is 4.79 Å². The minimum atomic E-state index is -0.879. The van der Waals surface area contributed by atoms with Crippen molar-refractivity contribution in [2.24, 2.45) is 0 Å². The number of allylic oxidation sites excluding steroid dienone is 1. The summed E-state index contributed by atoms with van der Waals surface area (Å²) >= 11 is 1.51. The third kappa shape index (κ3) is 8.63. The summed E-state index contributed by atoms with van der Waals surface area (Å²) in [4.78, 5) is 12.1. The third-order valence-electron chi connectivity index (χ3n) is 4.65. The molecule has 3 nitrogen and oxygen atoms in total. The molecule has 0 aromatic heterocycles. The SMILES string of the molecule is C=CCCC(C[SiH](C)C(C)(C)C)SNC(=O)O[C@@H](C)c1ccccc1. The summed E-state index contributed by atoms with van der Waals surface area (Å²) in [5.74, 6) is 0. The molecule has 3 atom stereocenters. The fraction of sp³-hybridized carbons (Fsp3) is 0.550. The molecule has 0 spiro atoms. The fourth-order valence-corrected chi connectivity index (χ4v) is 5.93. The van der Waals surface area contributed by atoms with Crippen LogP contribution in [0.1, 0.15) is 52.2 Å². The summed E-state index contributed by atoms with van der Waals surface area (Å²) in [6, 6.07) is 11.0. The van der Waals surface area contributed by atoms with E-state index in [0.717, 1.165) is 18.4 Å². The van der Waals surface area contributed by atoms with Crippen molar-refractivity contribution in [3.63, 3.8) is 0 Å². The van der Waals surface area contributed by atoms with Gasteiger partial charge in [-0.15, -0.1) is 6.58 Å². The normalized spacial score (nSPS) is 15.1. The molecule has 140 valence electrons. The summed E-state index contributed by atoms with van der Waals surface area (Å²) in [6.45, 7) is 15.1. The maximum atomic E-state index is 12.1. The van der Waals surface area contributed by atoms with Crippen LogP contribution in [0.4, 0.5) is 4.79 Å². The second kappa shape index (κ2) is 10.7. The fourth-order valence-electron chi connectivity index (χ4n) is 2.38. The van der Waals surface area contributed by atoms with Crippen molar-refractivity contribution in [2.75, 3.05) is 0 Å². The number of rotatable bonds is 9.